The van der Waals surface area contributed by atoms with E-state index < -0.39 is 0 Å². The van der Waals surface area contributed by atoms with Crippen LogP contribution in [-0.4, -0.2) is 0 Å². The molecule has 2 aliphatic carbocycles. The summed E-state index contributed by atoms with van der Waals surface area (Å²) in [7, 11) is 0. The SMILES string of the molecule is CC1=C(C)SC(=C2SC3=C(SC(=C4C=CC(=C5SC6=C(S5)SC(=C5C=CC(=C7SC8=C(S7)SC(=C7SC(C)=C(C)S7)S8)CC5)S6)CC4)S3)S2)S1. The first-order valence-electron chi connectivity index (χ1n) is 15.5. The highest BCUT2D eigenvalue weighted by Gasteiger charge is 2.37. The third-order valence-electron chi connectivity index (χ3n) is 8.38. The Bertz CT molecular complexity index is 1890. The van der Waals surface area contributed by atoms with E-state index in [0.29, 0.717) is 0 Å². The molecule has 8 aliphatic heterocycles. The van der Waals surface area contributed by atoms with Crippen molar-refractivity contribution < 1.29 is 0 Å². The Morgan fingerprint density at radius 1 is 0.240 bits per heavy atom. The first kappa shape index (κ1) is 36.6. The summed E-state index contributed by atoms with van der Waals surface area (Å²) in [4.78, 5) is 5.83. The van der Waals surface area contributed by atoms with E-state index in [4.69, 9.17) is 0 Å². The van der Waals surface area contributed by atoms with Crippen molar-refractivity contribution in [2.45, 2.75) is 53.4 Å². The number of rotatable bonds is 0. The molecule has 0 aromatic rings. The summed E-state index contributed by atoms with van der Waals surface area (Å²) >= 11 is 31.9. The Morgan fingerprint density at radius 3 is 0.580 bits per heavy atom. The molecule has 0 aromatic carbocycles. The average molecular weight is 946 g/mol. The van der Waals surface area contributed by atoms with Gasteiger partial charge in [-0.3, -0.25) is 0 Å². The fourth-order valence-corrected chi connectivity index (χ4v) is 30.5. The summed E-state index contributed by atoms with van der Waals surface area (Å²) in [6.07, 6.45) is 14.3. The van der Waals surface area contributed by atoms with E-state index in [-0.39, 0.29) is 0 Å². The zero-order chi connectivity index (χ0) is 33.7. The van der Waals surface area contributed by atoms with E-state index in [1.54, 1.807) is 0 Å². The van der Waals surface area contributed by atoms with Crippen LogP contribution in [-0.2, 0) is 0 Å². The molecular weight excluding hydrogens is 921 g/mol. The van der Waals surface area contributed by atoms with E-state index >= 15 is 0 Å². The molecule has 256 valence electrons. The predicted octanol–water partition coefficient (Wildman–Crippen LogP) is 18.5. The Morgan fingerprint density at radius 2 is 0.400 bits per heavy atom. The van der Waals surface area contributed by atoms with Crippen LogP contribution in [0.25, 0.3) is 0 Å². The zero-order valence-corrected chi connectivity index (χ0v) is 39.7. The lowest BCUT2D eigenvalue weighted by Gasteiger charge is -2.17. The van der Waals surface area contributed by atoms with Gasteiger partial charge in [0.1, 0.15) is 0 Å². The van der Waals surface area contributed by atoms with Gasteiger partial charge in [-0.1, -0.05) is 212 Å². The normalized spacial score (nSPS) is 27.0. The van der Waals surface area contributed by atoms with E-state index in [9.17, 15) is 0 Å². The fourth-order valence-electron chi connectivity index (χ4n) is 5.46. The summed E-state index contributed by atoms with van der Waals surface area (Å²) in [5.41, 5.74) is 6.09. The highest BCUT2D eigenvalue weighted by Crippen LogP contribution is 2.73. The Hall–Kier alpha value is 2.22. The molecule has 0 radical (unpaired) electrons. The fraction of sp³-hybridized carbons (Fsp3) is 0.235. The van der Waals surface area contributed by atoms with Gasteiger partial charge < -0.3 is 0 Å². The Kier molecular flexibility index (Phi) is 11.1. The van der Waals surface area contributed by atoms with E-state index in [1.807, 2.05) is 188 Å². The van der Waals surface area contributed by atoms with Crippen molar-refractivity contribution in [3.63, 3.8) is 0 Å². The number of hydrogen-bond donors (Lipinski definition) is 0. The van der Waals surface area contributed by atoms with Crippen molar-refractivity contribution in [3.05, 3.63) is 126 Å². The van der Waals surface area contributed by atoms with Crippen LogP contribution in [0, 0.1) is 0 Å². The molecule has 10 aliphatic rings. The topological polar surface area (TPSA) is 0 Å². The van der Waals surface area contributed by atoms with Crippen LogP contribution in [0.4, 0.5) is 0 Å². The van der Waals surface area contributed by atoms with Crippen LogP contribution in [0.2, 0.25) is 0 Å². The minimum Gasteiger partial charge on any atom is -0.0849 e. The average Bonchev–Trinajstić information content (AvgIpc) is 3.95. The van der Waals surface area contributed by atoms with Gasteiger partial charge in [0.2, 0.25) is 0 Å². The van der Waals surface area contributed by atoms with Gasteiger partial charge in [-0.25, -0.2) is 0 Å². The van der Waals surface area contributed by atoms with Crippen molar-refractivity contribution in [1.82, 2.24) is 0 Å². The molecular formula is C34H24S16. The summed E-state index contributed by atoms with van der Waals surface area (Å²) in [5, 5.41) is 0. The predicted molar refractivity (Wildman–Crippen MR) is 258 cm³/mol. The number of thioether (sulfide) groups is 16. The van der Waals surface area contributed by atoms with Crippen molar-refractivity contribution in [3.8, 4) is 0 Å². The van der Waals surface area contributed by atoms with E-state index in [0.717, 1.165) is 25.7 Å². The maximum Gasteiger partial charge on any atom is 0.0717 e. The van der Waals surface area contributed by atoms with Crippen LogP contribution < -0.4 is 0 Å². The Labute approximate surface area is 362 Å². The van der Waals surface area contributed by atoms with Gasteiger partial charge >= 0.3 is 0 Å². The summed E-state index contributed by atoms with van der Waals surface area (Å²) in [6.45, 7) is 8.98. The Balaban J connectivity index is 0.738. The van der Waals surface area contributed by atoms with Gasteiger partial charge in [0, 0.05) is 0 Å². The van der Waals surface area contributed by atoms with Crippen LogP contribution in [0.3, 0.4) is 0 Å². The number of allylic oxidation sites excluding steroid dienone is 12. The van der Waals surface area contributed by atoms with Crippen molar-refractivity contribution in [2.24, 2.45) is 0 Å². The quantitative estimate of drug-likeness (QED) is 0.226. The maximum absolute atomic E-state index is 2.42. The van der Waals surface area contributed by atoms with E-state index in [1.165, 1.54) is 101 Å². The largest absolute Gasteiger partial charge is 0.0849 e. The summed E-state index contributed by atoms with van der Waals surface area (Å²) in [6, 6.07) is 0. The molecule has 0 saturated heterocycles. The van der Waals surface area contributed by atoms with Gasteiger partial charge in [0.05, 0.1) is 59.3 Å². The molecule has 0 N–H and O–H groups in total. The molecule has 8 heterocycles. The molecule has 0 nitrogen and oxygen atoms in total. The molecule has 10 rings (SSSR count). The van der Waals surface area contributed by atoms with Crippen LogP contribution in [0.5, 0.6) is 0 Å². The molecule has 50 heavy (non-hydrogen) atoms. The molecule has 0 amide bonds. The highest BCUT2D eigenvalue weighted by molar-refractivity contribution is 8.50. The van der Waals surface area contributed by atoms with Gasteiger partial charge in [-0.05, 0) is 95.3 Å². The van der Waals surface area contributed by atoms with Gasteiger partial charge in [0.25, 0.3) is 0 Å². The van der Waals surface area contributed by atoms with Crippen LogP contribution in [0.1, 0.15) is 53.4 Å². The van der Waals surface area contributed by atoms with Gasteiger partial charge in [-0.2, -0.15) is 0 Å². The molecule has 0 unspecified atom stereocenters. The highest BCUT2D eigenvalue weighted by atomic mass is 32.3. The van der Waals surface area contributed by atoms with E-state index in [2.05, 4.69) is 52.0 Å². The second kappa shape index (κ2) is 15.2. The van der Waals surface area contributed by atoms with Crippen LogP contribution in [0.15, 0.2) is 126 Å². The molecule has 0 fully saturated rings. The summed E-state index contributed by atoms with van der Waals surface area (Å²) < 4.78 is 20.9. The molecule has 0 bridgehead atoms. The second-order valence-corrected chi connectivity index (χ2v) is 32.4. The smallest absolute Gasteiger partial charge is 0.0717 e. The lowest BCUT2D eigenvalue weighted by atomic mass is 10.00. The number of hydrogen-bond acceptors (Lipinski definition) is 16. The zero-order valence-electron chi connectivity index (χ0n) is 26.7. The second-order valence-electron chi connectivity index (χ2n) is 11.6. The first-order valence-corrected chi connectivity index (χ1v) is 28.6. The third-order valence-corrected chi connectivity index (χ3v) is 32.0. The van der Waals surface area contributed by atoms with Crippen molar-refractivity contribution in [1.29, 1.82) is 0 Å². The molecule has 0 spiro atoms. The molecule has 0 aromatic heterocycles. The molecule has 16 heteroatoms. The monoisotopic (exact) mass is 944 g/mol. The lowest BCUT2D eigenvalue weighted by molar-refractivity contribution is 0.949. The first-order chi connectivity index (χ1) is 24.3. The molecule has 0 atom stereocenters. The summed E-state index contributed by atoms with van der Waals surface area (Å²) in [5.74, 6) is 0. The lowest BCUT2D eigenvalue weighted by Crippen LogP contribution is -1.94. The van der Waals surface area contributed by atoms with Crippen molar-refractivity contribution >= 4 is 188 Å². The van der Waals surface area contributed by atoms with Gasteiger partial charge in [0.15, 0.2) is 0 Å². The minimum absolute atomic E-state index is 1.14. The standard InChI is InChI=1S/C34H24S16/c1-13-14(2)36-25(35-13)27-47-31-32(48-27)44-23(43-31)19-9-5-17(6-10-19)21-39-29-30(40-21)42-22(41-29)18-7-11-20(12-8-18)24-45-33-34(46-24)50-28(49-33)26-37-15(3)16(4)38-26/h5,7,9,11H,6,8,10,12H2,1-4H3. The molecule has 0 saturated carbocycles. The maximum atomic E-state index is 2.42. The van der Waals surface area contributed by atoms with Crippen molar-refractivity contribution in [2.75, 3.05) is 0 Å². The van der Waals surface area contributed by atoms with Gasteiger partial charge in [-0.15, -0.1) is 0 Å². The van der Waals surface area contributed by atoms with Crippen LogP contribution >= 0.6 is 188 Å². The third kappa shape index (κ3) is 7.17. The minimum atomic E-state index is 1.14.